The maximum Gasteiger partial charge on any atom is 0.196 e. The smallest absolute Gasteiger partial charge is 0.196 e. The molecule has 1 heterocycles. The van der Waals surface area contributed by atoms with E-state index in [9.17, 15) is 9.90 Å². The molecule has 1 aromatic heterocycles. The van der Waals surface area contributed by atoms with Gasteiger partial charge in [0.25, 0.3) is 0 Å². The first kappa shape index (κ1) is 18.3. The lowest BCUT2D eigenvalue weighted by atomic mass is 9.95. The van der Waals surface area contributed by atoms with Crippen LogP contribution in [0, 0.1) is 0 Å². The van der Waals surface area contributed by atoms with E-state index in [4.69, 9.17) is 9.15 Å². The Balaban J connectivity index is 2.46. The van der Waals surface area contributed by atoms with Crippen LogP contribution in [0.15, 0.2) is 76.6 Å². The number of aliphatic hydroxyl groups excluding tert-OH is 1. The van der Waals surface area contributed by atoms with Crippen LogP contribution >= 0.6 is 0 Å². The summed E-state index contributed by atoms with van der Waals surface area (Å²) < 4.78 is 10.4. The van der Waals surface area contributed by atoms with Crippen LogP contribution in [0.1, 0.15) is 30.4 Å². The normalized spacial score (nSPS) is 13.6. The predicted octanol–water partition coefficient (Wildman–Crippen LogP) is 5.09. The summed E-state index contributed by atoms with van der Waals surface area (Å²) in [7, 11) is 1.45. The van der Waals surface area contributed by atoms with Crippen LogP contribution in [-0.2, 0) is 4.74 Å². The number of hydrogen-bond acceptors (Lipinski definition) is 4. The van der Waals surface area contributed by atoms with E-state index in [1.807, 2.05) is 25.1 Å². The molecule has 1 atom stereocenters. The molecule has 0 spiro atoms. The molecule has 0 bridgehead atoms. The van der Waals surface area contributed by atoms with E-state index in [2.05, 4.69) is 6.58 Å². The summed E-state index contributed by atoms with van der Waals surface area (Å²) in [6.45, 7) is 5.76. The molecule has 0 aliphatic rings. The van der Waals surface area contributed by atoms with Gasteiger partial charge in [-0.25, -0.2) is 0 Å². The van der Waals surface area contributed by atoms with Crippen molar-refractivity contribution in [1.29, 1.82) is 0 Å². The quantitative estimate of drug-likeness (QED) is 0.434. The number of allylic oxidation sites excluding steroid dienone is 4. The van der Waals surface area contributed by atoms with Crippen LogP contribution in [0.5, 0.6) is 0 Å². The molecule has 0 amide bonds. The average molecular weight is 338 g/mol. The van der Waals surface area contributed by atoms with E-state index in [0.29, 0.717) is 23.0 Å². The van der Waals surface area contributed by atoms with Crippen molar-refractivity contribution in [2.24, 2.45) is 0 Å². The lowest BCUT2D eigenvalue weighted by Gasteiger charge is -2.10. The van der Waals surface area contributed by atoms with Gasteiger partial charge in [0.05, 0.1) is 18.8 Å². The van der Waals surface area contributed by atoms with Crippen molar-refractivity contribution in [2.75, 3.05) is 7.11 Å². The zero-order valence-electron chi connectivity index (χ0n) is 14.4. The van der Waals surface area contributed by atoms with Crippen molar-refractivity contribution in [3.05, 3.63) is 88.7 Å². The van der Waals surface area contributed by atoms with E-state index in [-0.39, 0.29) is 17.1 Å². The lowest BCUT2D eigenvalue weighted by Crippen LogP contribution is -2.12. The van der Waals surface area contributed by atoms with E-state index in [1.54, 1.807) is 24.3 Å². The minimum absolute atomic E-state index is 0.0125. The summed E-state index contributed by atoms with van der Waals surface area (Å²) in [5.41, 5.74) is 1.82. The van der Waals surface area contributed by atoms with Gasteiger partial charge in [0.15, 0.2) is 5.43 Å². The molecule has 0 saturated heterocycles. The Kier molecular flexibility index (Phi) is 6.40. The Hall–Kier alpha value is -3.01. The van der Waals surface area contributed by atoms with Crippen LogP contribution < -0.4 is 5.43 Å². The molecule has 1 aromatic carbocycles. The van der Waals surface area contributed by atoms with Gasteiger partial charge in [-0.3, -0.25) is 4.79 Å². The third-order valence-electron chi connectivity index (χ3n) is 3.82. The van der Waals surface area contributed by atoms with E-state index in [0.717, 1.165) is 5.56 Å². The molecule has 1 N–H and O–H groups in total. The van der Waals surface area contributed by atoms with Gasteiger partial charge in [0, 0.05) is 11.5 Å². The largest absolute Gasteiger partial charge is 0.505 e. The zero-order valence-corrected chi connectivity index (χ0v) is 14.4. The molecule has 130 valence electrons. The number of methoxy groups -OCH3 is 1. The molecule has 2 rings (SSSR count). The Morgan fingerprint density at radius 1 is 1.44 bits per heavy atom. The molecule has 4 nitrogen and oxygen atoms in total. The highest BCUT2D eigenvalue weighted by molar-refractivity contribution is 5.80. The van der Waals surface area contributed by atoms with Gasteiger partial charge in [-0.15, -0.1) is 6.58 Å². The standard InChI is InChI=1S/C21H22O4/c1-4-6-7-16(5-2)19-14-25-20-11-9-15(12-18(20)21(19)23)8-10-17(22)13-24-3/h4-6,8-14,16,22H,2,7H2,1,3H3/b6-4-,10-8-,17-13-. The highest BCUT2D eigenvalue weighted by atomic mass is 16.5. The number of rotatable bonds is 7. The van der Waals surface area contributed by atoms with E-state index in [1.165, 1.54) is 25.7 Å². The first-order chi connectivity index (χ1) is 12.1. The van der Waals surface area contributed by atoms with Crippen LogP contribution in [0.25, 0.3) is 17.0 Å². The maximum atomic E-state index is 12.8. The zero-order chi connectivity index (χ0) is 18.2. The highest BCUT2D eigenvalue weighted by Crippen LogP contribution is 2.22. The second-order valence-electron chi connectivity index (χ2n) is 5.53. The van der Waals surface area contributed by atoms with Crippen molar-refractivity contribution < 1.29 is 14.3 Å². The van der Waals surface area contributed by atoms with E-state index < -0.39 is 0 Å². The van der Waals surface area contributed by atoms with Crippen LogP contribution in [-0.4, -0.2) is 12.2 Å². The first-order valence-electron chi connectivity index (χ1n) is 8.00. The third-order valence-corrected chi connectivity index (χ3v) is 3.82. The number of fused-ring (bicyclic) bond motifs is 1. The molecule has 2 aromatic rings. The minimum atomic E-state index is -0.0928. The third kappa shape index (κ3) is 4.51. The van der Waals surface area contributed by atoms with Crippen molar-refractivity contribution in [3.63, 3.8) is 0 Å². The van der Waals surface area contributed by atoms with Crippen LogP contribution in [0.4, 0.5) is 0 Å². The Bertz CT molecular complexity index is 884. The molecule has 0 aliphatic carbocycles. The summed E-state index contributed by atoms with van der Waals surface area (Å²) in [5.74, 6) is -0.105. The van der Waals surface area contributed by atoms with Gasteiger partial charge in [-0.2, -0.15) is 0 Å². The molecule has 0 saturated carbocycles. The predicted molar refractivity (Wildman–Crippen MR) is 102 cm³/mol. The average Bonchev–Trinajstić information content (AvgIpc) is 2.62. The van der Waals surface area contributed by atoms with Gasteiger partial charge in [0.2, 0.25) is 0 Å². The SMILES string of the molecule is C=CC(C/C=C\C)c1coc2ccc(/C=C\C(O)=C\OC)cc2c1=O. The van der Waals surface area contributed by atoms with Crippen molar-refractivity contribution in [2.45, 2.75) is 19.3 Å². The van der Waals surface area contributed by atoms with Crippen LogP contribution in [0.3, 0.4) is 0 Å². The lowest BCUT2D eigenvalue weighted by molar-refractivity contribution is 0.305. The Morgan fingerprint density at radius 2 is 2.24 bits per heavy atom. The molecule has 25 heavy (non-hydrogen) atoms. The molecule has 4 heteroatoms. The number of ether oxygens (including phenoxy) is 1. The maximum absolute atomic E-state index is 12.8. The summed E-state index contributed by atoms with van der Waals surface area (Å²) in [6, 6.07) is 5.30. The van der Waals surface area contributed by atoms with Gasteiger partial charge in [0.1, 0.15) is 17.6 Å². The van der Waals surface area contributed by atoms with Crippen molar-refractivity contribution >= 4 is 17.0 Å². The molecule has 0 radical (unpaired) electrons. The Morgan fingerprint density at radius 3 is 2.92 bits per heavy atom. The minimum Gasteiger partial charge on any atom is -0.505 e. The first-order valence-corrected chi connectivity index (χ1v) is 8.00. The number of aliphatic hydroxyl groups is 1. The second kappa shape index (κ2) is 8.73. The Labute approximate surface area is 147 Å². The van der Waals surface area contributed by atoms with Crippen LogP contribution in [0.2, 0.25) is 0 Å². The second-order valence-corrected chi connectivity index (χ2v) is 5.53. The fourth-order valence-electron chi connectivity index (χ4n) is 2.50. The molecule has 1 unspecified atom stereocenters. The fraction of sp³-hybridized carbons (Fsp3) is 0.190. The summed E-state index contributed by atoms with van der Waals surface area (Å²) >= 11 is 0. The molecular formula is C21H22O4. The van der Waals surface area contributed by atoms with Crippen molar-refractivity contribution in [3.8, 4) is 0 Å². The summed E-state index contributed by atoms with van der Waals surface area (Å²) in [4.78, 5) is 12.8. The summed E-state index contributed by atoms with van der Waals surface area (Å²) in [5, 5.41) is 10.1. The monoisotopic (exact) mass is 338 g/mol. The number of hydrogen-bond donors (Lipinski definition) is 1. The fourth-order valence-corrected chi connectivity index (χ4v) is 2.50. The van der Waals surface area contributed by atoms with E-state index >= 15 is 0 Å². The molecular weight excluding hydrogens is 316 g/mol. The van der Waals surface area contributed by atoms with Gasteiger partial charge in [-0.1, -0.05) is 30.4 Å². The summed E-state index contributed by atoms with van der Waals surface area (Å²) in [6.07, 6.45) is 12.3. The van der Waals surface area contributed by atoms with Gasteiger partial charge >= 0.3 is 0 Å². The van der Waals surface area contributed by atoms with Crippen molar-refractivity contribution in [1.82, 2.24) is 0 Å². The molecule has 0 fully saturated rings. The van der Waals surface area contributed by atoms with Gasteiger partial charge in [-0.05, 0) is 37.1 Å². The van der Waals surface area contributed by atoms with Gasteiger partial charge < -0.3 is 14.3 Å². The highest BCUT2D eigenvalue weighted by Gasteiger charge is 2.14. The topological polar surface area (TPSA) is 59.7 Å². The number of benzene rings is 1. The molecule has 0 aliphatic heterocycles.